The highest BCUT2D eigenvalue weighted by atomic mass is 19.4. The van der Waals surface area contributed by atoms with Crippen molar-refractivity contribution in [1.29, 1.82) is 0 Å². The van der Waals surface area contributed by atoms with Gasteiger partial charge in [0.25, 0.3) is 5.91 Å². The fourth-order valence-electron chi connectivity index (χ4n) is 3.75. The van der Waals surface area contributed by atoms with Crippen molar-refractivity contribution in [3.8, 4) is 0 Å². The number of nitrogens with zero attached hydrogens (tertiary/aromatic N) is 2. The summed E-state index contributed by atoms with van der Waals surface area (Å²) in [5.41, 5.74) is 0.589. The summed E-state index contributed by atoms with van der Waals surface area (Å²) in [6, 6.07) is 5.84. The number of alkyl halides is 3. The summed E-state index contributed by atoms with van der Waals surface area (Å²) < 4.78 is 50.6. The number of hydrogen-bond acceptors (Lipinski definition) is 4. The molecule has 2 fully saturated rings. The van der Waals surface area contributed by atoms with Gasteiger partial charge in [-0.05, 0) is 43.7 Å². The van der Waals surface area contributed by atoms with Crippen molar-refractivity contribution in [3.63, 3.8) is 0 Å². The average Bonchev–Trinajstić information content (AvgIpc) is 2.90. The van der Waals surface area contributed by atoms with E-state index in [0.29, 0.717) is 5.56 Å². The summed E-state index contributed by atoms with van der Waals surface area (Å²) in [5.74, 6) is -3.07. The Morgan fingerprint density at radius 3 is 2.37 bits per heavy atom. The molecule has 6 nitrogen and oxygen atoms in total. The minimum absolute atomic E-state index is 0.00336. The summed E-state index contributed by atoms with van der Waals surface area (Å²) in [5, 5.41) is 7.12. The van der Waals surface area contributed by atoms with Gasteiger partial charge in [-0.15, -0.1) is 0 Å². The normalized spacial score (nSPS) is 22.8. The Balaban J connectivity index is 0.000000396. The monoisotopic (exact) mass is 434 g/mol. The third-order valence-electron chi connectivity index (χ3n) is 5.25. The van der Waals surface area contributed by atoms with Gasteiger partial charge in [0.2, 0.25) is 0 Å². The molecule has 168 valence electrons. The van der Waals surface area contributed by atoms with Crippen molar-refractivity contribution in [2.45, 2.75) is 25.9 Å². The molecular weight excluding hydrogens is 408 g/mol. The lowest BCUT2D eigenvalue weighted by atomic mass is 9.80. The van der Waals surface area contributed by atoms with E-state index < -0.39 is 12.1 Å². The van der Waals surface area contributed by atoms with Gasteiger partial charge in [0.05, 0.1) is 13.2 Å². The Kier molecular flexibility index (Phi) is 8.19. The number of rotatable bonds is 2. The molecule has 10 heteroatoms. The van der Waals surface area contributed by atoms with E-state index in [9.17, 15) is 22.4 Å². The highest BCUT2D eigenvalue weighted by Gasteiger charge is 2.40. The standard InChI is InChI=1S/C18H25FN2O2.C2HF3O2/c1-2-20-10-11-23-14-18(12-20)8-3-9-21(13-18)17(22)15-4-6-16(19)7-5-15;3-2(4,5)1(6)7/h4-7H,2-3,8-14H2,1H3;(H,6,7). The SMILES string of the molecule is CCN1CCOCC2(CCCN(C(=O)c3ccc(F)cc3)C2)C1.O=C(O)C(F)(F)F. The molecule has 1 amide bonds. The number of carbonyl (C=O) groups excluding carboxylic acids is 1. The number of ether oxygens (including phenoxy) is 1. The summed E-state index contributed by atoms with van der Waals surface area (Å²) in [4.78, 5) is 26.0. The Morgan fingerprint density at radius 1 is 1.17 bits per heavy atom. The smallest absolute Gasteiger partial charge is 0.475 e. The molecule has 30 heavy (non-hydrogen) atoms. The van der Waals surface area contributed by atoms with Crippen LogP contribution in [0, 0.1) is 11.2 Å². The molecule has 1 unspecified atom stereocenters. The van der Waals surface area contributed by atoms with E-state index >= 15 is 0 Å². The van der Waals surface area contributed by atoms with Crippen LogP contribution in [0.3, 0.4) is 0 Å². The molecule has 0 aromatic heterocycles. The molecule has 0 saturated carbocycles. The molecule has 1 aromatic carbocycles. The number of carboxylic acids is 1. The van der Waals surface area contributed by atoms with Crippen molar-refractivity contribution in [3.05, 3.63) is 35.6 Å². The largest absolute Gasteiger partial charge is 0.490 e. The first-order valence-electron chi connectivity index (χ1n) is 9.71. The van der Waals surface area contributed by atoms with Crippen LogP contribution in [0.15, 0.2) is 24.3 Å². The maximum absolute atomic E-state index is 13.1. The van der Waals surface area contributed by atoms with Gasteiger partial charge >= 0.3 is 12.1 Å². The van der Waals surface area contributed by atoms with Gasteiger partial charge in [0.15, 0.2) is 0 Å². The predicted octanol–water partition coefficient (Wildman–Crippen LogP) is 3.03. The van der Waals surface area contributed by atoms with Crippen LogP contribution >= 0.6 is 0 Å². The van der Waals surface area contributed by atoms with Gasteiger partial charge in [-0.2, -0.15) is 13.2 Å². The minimum Gasteiger partial charge on any atom is -0.475 e. The van der Waals surface area contributed by atoms with Crippen LogP contribution in [-0.2, 0) is 9.53 Å². The van der Waals surface area contributed by atoms with E-state index in [0.717, 1.165) is 58.8 Å². The van der Waals surface area contributed by atoms with E-state index in [4.69, 9.17) is 14.6 Å². The summed E-state index contributed by atoms with van der Waals surface area (Å²) in [6.07, 6.45) is -3.00. The average molecular weight is 434 g/mol. The number of amides is 1. The first kappa shape index (κ1) is 24.1. The maximum Gasteiger partial charge on any atom is 0.490 e. The number of hydrogen-bond donors (Lipinski definition) is 1. The molecule has 2 saturated heterocycles. The van der Waals surface area contributed by atoms with E-state index in [1.54, 1.807) is 12.1 Å². The van der Waals surface area contributed by atoms with Crippen molar-refractivity contribution in [2.24, 2.45) is 5.41 Å². The van der Waals surface area contributed by atoms with Crippen LogP contribution < -0.4 is 0 Å². The van der Waals surface area contributed by atoms with Crippen LogP contribution in [0.1, 0.15) is 30.1 Å². The number of benzene rings is 1. The van der Waals surface area contributed by atoms with E-state index in [2.05, 4.69) is 11.8 Å². The molecule has 0 bridgehead atoms. The Bertz CT molecular complexity index is 727. The highest BCUT2D eigenvalue weighted by molar-refractivity contribution is 5.94. The zero-order valence-corrected chi connectivity index (χ0v) is 16.8. The molecule has 2 aliphatic heterocycles. The van der Waals surface area contributed by atoms with E-state index in [-0.39, 0.29) is 17.1 Å². The van der Waals surface area contributed by atoms with Gasteiger partial charge in [-0.3, -0.25) is 4.79 Å². The molecule has 2 aliphatic rings. The van der Waals surface area contributed by atoms with E-state index in [1.165, 1.54) is 12.1 Å². The lowest BCUT2D eigenvalue weighted by Gasteiger charge is -2.43. The van der Waals surface area contributed by atoms with E-state index in [1.807, 2.05) is 4.90 Å². The fourth-order valence-corrected chi connectivity index (χ4v) is 3.75. The molecule has 0 radical (unpaired) electrons. The second-order valence-corrected chi connectivity index (χ2v) is 7.56. The Morgan fingerprint density at radius 2 is 1.80 bits per heavy atom. The second kappa shape index (κ2) is 10.2. The molecule has 0 aliphatic carbocycles. The van der Waals surface area contributed by atoms with Gasteiger partial charge in [-0.1, -0.05) is 6.92 Å². The molecule has 1 spiro atoms. The van der Waals surface area contributed by atoms with Crippen LogP contribution in [0.25, 0.3) is 0 Å². The predicted molar refractivity (Wildman–Crippen MR) is 101 cm³/mol. The molecule has 1 atom stereocenters. The molecular formula is C20H26F4N2O4. The van der Waals surface area contributed by atoms with Gasteiger partial charge in [-0.25, -0.2) is 9.18 Å². The second-order valence-electron chi connectivity index (χ2n) is 7.56. The summed E-state index contributed by atoms with van der Waals surface area (Å²) in [7, 11) is 0. The number of likely N-dealkylation sites (N-methyl/N-ethyl adjacent to an activating group) is 1. The first-order chi connectivity index (χ1) is 14.1. The Hall–Kier alpha value is -2.20. The van der Waals surface area contributed by atoms with Crippen molar-refractivity contribution in [1.82, 2.24) is 9.80 Å². The third-order valence-corrected chi connectivity index (χ3v) is 5.25. The van der Waals surface area contributed by atoms with Crippen LogP contribution in [-0.4, -0.2) is 78.9 Å². The highest BCUT2D eigenvalue weighted by Crippen LogP contribution is 2.33. The number of aliphatic carboxylic acids is 1. The van der Waals surface area contributed by atoms with Crippen LogP contribution in [0.5, 0.6) is 0 Å². The number of halogens is 4. The minimum atomic E-state index is -5.08. The van der Waals surface area contributed by atoms with Crippen molar-refractivity contribution < 1.29 is 37.0 Å². The number of likely N-dealkylation sites (tertiary alicyclic amines) is 1. The van der Waals surface area contributed by atoms with Crippen molar-refractivity contribution in [2.75, 3.05) is 45.9 Å². The third kappa shape index (κ3) is 6.66. The van der Waals surface area contributed by atoms with Gasteiger partial charge in [0.1, 0.15) is 5.82 Å². The summed E-state index contributed by atoms with van der Waals surface area (Å²) in [6.45, 7) is 8.10. The topological polar surface area (TPSA) is 70.1 Å². The quantitative estimate of drug-likeness (QED) is 0.725. The zero-order valence-electron chi connectivity index (χ0n) is 16.8. The van der Waals surface area contributed by atoms with Crippen LogP contribution in [0.4, 0.5) is 17.6 Å². The van der Waals surface area contributed by atoms with Gasteiger partial charge < -0.3 is 19.6 Å². The molecule has 2 heterocycles. The molecule has 3 rings (SSSR count). The number of carbonyl (C=O) groups is 2. The fraction of sp³-hybridized carbons (Fsp3) is 0.600. The van der Waals surface area contributed by atoms with Crippen molar-refractivity contribution >= 4 is 11.9 Å². The maximum atomic E-state index is 13.1. The lowest BCUT2D eigenvalue weighted by molar-refractivity contribution is -0.192. The molecule has 1 aromatic rings. The number of carboxylic acid groups (broad SMARTS) is 1. The Labute approximate surface area is 172 Å². The zero-order chi connectivity index (χ0) is 22.4. The first-order valence-corrected chi connectivity index (χ1v) is 9.71. The lowest BCUT2D eigenvalue weighted by Crippen LogP contribution is -2.52. The summed E-state index contributed by atoms with van der Waals surface area (Å²) >= 11 is 0. The number of piperidine rings is 1. The van der Waals surface area contributed by atoms with Gasteiger partial charge in [0, 0.05) is 37.2 Å². The van der Waals surface area contributed by atoms with Crippen LogP contribution in [0.2, 0.25) is 0 Å². The molecule has 1 N–H and O–H groups in total.